The maximum atomic E-state index is 5.91. The zero-order valence-electron chi connectivity index (χ0n) is 13.7. The lowest BCUT2D eigenvalue weighted by Gasteiger charge is -2.08. The van der Waals surface area contributed by atoms with Crippen molar-refractivity contribution in [1.29, 1.82) is 0 Å². The standard InChI is InChI=1S/C20H17ClN2O2/c1-13(18-10-15-4-2-3-5-17(15)24-18)22-12-20-23-11-19(25-20)14-6-8-16(21)9-7-14/h2-11,13,22H,12H2,1H3. The third kappa shape index (κ3) is 3.45. The quantitative estimate of drug-likeness (QED) is 0.508. The molecule has 1 atom stereocenters. The highest BCUT2D eigenvalue weighted by Crippen LogP contribution is 2.25. The van der Waals surface area contributed by atoms with Crippen molar-refractivity contribution in [2.24, 2.45) is 0 Å². The van der Waals surface area contributed by atoms with Crippen LogP contribution in [0.15, 0.2) is 69.6 Å². The minimum absolute atomic E-state index is 0.0540. The largest absolute Gasteiger partial charge is 0.459 e. The molecule has 2 aromatic heterocycles. The van der Waals surface area contributed by atoms with E-state index in [4.69, 9.17) is 20.4 Å². The minimum atomic E-state index is 0.0540. The second-order valence-corrected chi connectivity index (χ2v) is 6.35. The van der Waals surface area contributed by atoms with Crippen molar-refractivity contribution in [3.63, 3.8) is 0 Å². The topological polar surface area (TPSA) is 51.2 Å². The highest BCUT2D eigenvalue weighted by atomic mass is 35.5. The number of furan rings is 1. The number of hydrogen-bond acceptors (Lipinski definition) is 4. The molecule has 5 heteroatoms. The summed E-state index contributed by atoms with van der Waals surface area (Å²) in [4.78, 5) is 4.33. The zero-order chi connectivity index (χ0) is 17.2. The summed E-state index contributed by atoms with van der Waals surface area (Å²) in [5, 5.41) is 5.18. The molecule has 0 saturated carbocycles. The summed E-state index contributed by atoms with van der Waals surface area (Å²) in [7, 11) is 0. The Bertz CT molecular complexity index is 955. The Labute approximate surface area is 150 Å². The Morgan fingerprint density at radius 3 is 2.68 bits per heavy atom. The van der Waals surface area contributed by atoms with Crippen molar-refractivity contribution in [3.05, 3.63) is 77.5 Å². The number of nitrogens with zero attached hydrogens (tertiary/aromatic N) is 1. The van der Waals surface area contributed by atoms with Crippen molar-refractivity contribution < 1.29 is 8.83 Å². The maximum absolute atomic E-state index is 5.91. The van der Waals surface area contributed by atoms with Gasteiger partial charge in [0, 0.05) is 16.0 Å². The van der Waals surface area contributed by atoms with E-state index in [0.717, 1.165) is 28.1 Å². The third-order valence-electron chi connectivity index (χ3n) is 4.11. The third-order valence-corrected chi connectivity index (χ3v) is 4.37. The van der Waals surface area contributed by atoms with Gasteiger partial charge in [-0.15, -0.1) is 0 Å². The molecular formula is C20H17ClN2O2. The number of halogens is 1. The van der Waals surface area contributed by atoms with E-state index in [1.807, 2.05) is 48.5 Å². The van der Waals surface area contributed by atoms with Gasteiger partial charge >= 0.3 is 0 Å². The van der Waals surface area contributed by atoms with Crippen LogP contribution in [0.4, 0.5) is 0 Å². The summed E-state index contributed by atoms with van der Waals surface area (Å²) >= 11 is 5.91. The van der Waals surface area contributed by atoms with Crippen molar-refractivity contribution in [2.45, 2.75) is 19.5 Å². The molecule has 4 rings (SSSR count). The van der Waals surface area contributed by atoms with Gasteiger partial charge in [-0.05, 0) is 43.3 Å². The van der Waals surface area contributed by atoms with E-state index in [1.165, 1.54) is 0 Å². The summed E-state index contributed by atoms with van der Waals surface area (Å²) in [6.45, 7) is 2.58. The summed E-state index contributed by atoms with van der Waals surface area (Å²) in [6, 6.07) is 17.6. The van der Waals surface area contributed by atoms with E-state index in [0.29, 0.717) is 17.5 Å². The highest BCUT2D eigenvalue weighted by Gasteiger charge is 2.13. The fraction of sp³-hybridized carbons (Fsp3) is 0.150. The summed E-state index contributed by atoms with van der Waals surface area (Å²) < 4.78 is 11.7. The van der Waals surface area contributed by atoms with Gasteiger partial charge in [0.2, 0.25) is 5.89 Å². The molecule has 25 heavy (non-hydrogen) atoms. The Morgan fingerprint density at radius 2 is 1.88 bits per heavy atom. The van der Waals surface area contributed by atoms with Crippen LogP contribution >= 0.6 is 11.6 Å². The first-order valence-corrected chi connectivity index (χ1v) is 8.49. The van der Waals surface area contributed by atoms with Crippen LogP contribution in [-0.4, -0.2) is 4.98 Å². The first-order chi connectivity index (χ1) is 12.2. The first-order valence-electron chi connectivity index (χ1n) is 8.11. The summed E-state index contributed by atoms with van der Waals surface area (Å²) in [5.74, 6) is 2.25. The van der Waals surface area contributed by atoms with Crippen LogP contribution < -0.4 is 5.32 Å². The van der Waals surface area contributed by atoms with Gasteiger partial charge in [-0.1, -0.05) is 29.8 Å². The number of para-hydroxylation sites is 1. The minimum Gasteiger partial charge on any atom is -0.459 e. The van der Waals surface area contributed by atoms with Gasteiger partial charge in [0.25, 0.3) is 0 Å². The van der Waals surface area contributed by atoms with Gasteiger partial charge < -0.3 is 8.83 Å². The van der Waals surface area contributed by atoms with Crippen molar-refractivity contribution >= 4 is 22.6 Å². The molecule has 2 aromatic carbocycles. The second-order valence-electron chi connectivity index (χ2n) is 5.91. The van der Waals surface area contributed by atoms with Crippen LogP contribution in [0.3, 0.4) is 0 Å². The molecule has 4 nitrogen and oxygen atoms in total. The predicted molar refractivity (Wildman–Crippen MR) is 98.4 cm³/mol. The van der Waals surface area contributed by atoms with Crippen LogP contribution in [0.5, 0.6) is 0 Å². The first kappa shape index (κ1) is 15.9. The molecule has 126 valence electrons. The molecule has 2 heterocycles. The molecule has 0 aliphatic rings. The average molecular weight is 353 g/mol. The summed E-state index contributed by atoms with van der Waals surface area (Å²) in [5.41, 5.74) is 1.85. The lowest BCUT2D eigenvalue weighted by atomic mass is 10.2. The highest BCUT2D eigenvalue weighted by molar-refractivity contribution is 6.30. The molecule has 1 N–H and O–H groups in total. The molecule has 1 unspecified atom stereocenters. The number of rotatable bonds is 5. The zero-order valence-corrected chi connectivity index (χ0v) is 14.5. The fourth-order valence-corrected chi connectivity index (χ4v) is 2.82. The van der Waals surface area contributed by atoms with E-state index < -0.39 is 0 Å². The monoisotopic (exact) mass is 352 g/mol. The molecule has 0 amide bonds. The fourth-order valence-electron chi connectivity index (χ4n) is 2.70. The van der Waals surface area contributed by atoms with Crippen LogP contribution in [0.25, 0.3) is 22.3 Å². The Hall–Kier alpha value is -2.56. The SMILES string of the molecule is CC(NCc1ncc(-c2ccc(Cl)cc2)o1)c1cc2ccccc2o1. The molecule has 4 aromatic rings. The molecule has 0 fully saturated rings. The van der Waals surface area contributed by atoms with E-state index in [2.05, 4.69) is 23.3 Å². The van der Waals surface area contributed by atoms with E-state index in [1.54, 1.807) is 6.20 Å². The molecule has 0 radical (unpaired) electrons. The molecular weight excluding hydrogens is 336 g/mol. The van der Waals surface area contributed by atoms with E-state index in [9.17, 15) is 0 Å². The number of fused-ring (bicyclic) bond motifs is 1. The lowest BCUT2D eigenvalue weighted by molar-refractivity contribution is 0.414. The predicted octanol–water partition coefficient (Wildman–Crippen LogP) is 5.59. The van der Waals surface area contributed by atoms with Gasteiger partial charge in [-0.2, -0.15) is 0 Å². The molecule has 0 bridgehead atoms. The Balaban J connectivity index is 1.43. The summed E-state index contributed by atoms with van der Waals surface area (Å²) in [6.07, 6.45) is 1.73. The van der Waals surface area contributed by atoms with Crippen molar-refractivity contribution in [1.82, 2.24) is 10.3 Å². The number of oxazole rings is 1. The van der Waals surface area contributed by atoms with E-state index in [-0.39, 0.29) is 6.04 Å². The van der Waals surface area contributed by atoms with E-state index >= 15 is 0 Å². The average Bonchev–Trinajstić information content (AvgIpc) is 3.27. The molecule has 0 spiro atoms. The van der Waals surface area contributed by atoms with Gasteiger partial charge in [0.1, 0.15) is 11.3 Å². The van der Waals surface area contributed by atoms with Crippen molar-refractivity contribution in [3.8, 4) is 11.3 Å². The van der Waals surface area contributed by atoms with Gasteiger partial charge in [0.15, 0.2) is 5.76 Å². The lowest BCUT2D eigenvalue weighted by Crippen LogP contribution is -2.17. The smallest absolute Gasteiger partial charge is 0.208 e. The second kappa shape index (κ2) is 6.75. The number of hydrogen-bond donors (Lipinski definition) is 1. The Morgan fingerprint density at radius 1 is 1.08 bits per heavy atom. The van der Waals surface area contributed by atoms with Crippen molar-refractivity contribution in [2.75, 3.05) is 0 Å². The molecule has 0 aliphatic heterocycles. The van der Waals surface area contributed by atoms with Crippen LogP contribution in [0.1, 0.15) is 24.6 Å². The van der Waals surface area contributed by atoms with Gasteiger partial charge in [-0.25, -0.2) is 4.98 Å². The number of nitrogens with one attached hydrogen (secondary N) is 1. The van der Waals surface area contributed by atoms with Crippen LogP contribution in [-0.2, 0) is 6.54 Å². The molecule has 0 saturated heterocycles. The normalized spacial score (nSPS) is 12.6. The van der Waals surface area contributed by atoms with Gasteiger partial charge in [-0.3, -0.25) is 5.32 Å². The molecule has 0 aliphatic carbocycles. The van der Waals surface area contributed by atoms with Crippen LogP contribution in [0.2, 0.25) is 5.02 Å². The number of aromatic nitrogens is 1. The van der Waals surface area contributed by atoms with Gasteiger partial charge in [0.05, 0.1) is 18.8 Å². The van der Waals surface area contributed by atoms with Crippen LogP contribution in [0, 0.1) is 0 Å². The number of benzene rings is 2. The maximum Gasteiger partial charge on any atom is 0.208 e. The Kier molecular flexibility index (Phi) is 4.30.